The predicted molar refractivity (Wildman–Crippen MR) is 210 cm³/mol. The second-order valence-corrected chi connectivity index (χ2v) is 18.5. The second kappa shape index (κ2) is 21.4. The van der Waals surface area contributed by atoms with Crippen LogP contribution in [0.15, 0.2) is 37.5 Å². The first-order chi connectivity index (χ1) is 22.9. The maximum absolute atomic E-state index is 3.93. The van der Waals surface area contributed by atoms with E-state index in [1.54, 1.807) is 0 Å². The van der Waals surface area contributed by atoms with Gasteiger partial charge in [-0.3, -0.25) is 0 Å². The molecule has 270 valence electrons. The average Bonchev–Trinajstić information content (AvgIpc) is 3.11. The summed E-state index contributed by atoms with van der Waals surface area (Å²) in [4.78, 5) is 0. The van der Waals surface area contributed by atoms with E-state index in [-0.39, 0.29) is 0 Å². The Bertz CT molecular complexity index is 832. The molecule has 0 N–H and O–H groups in total. The normalized spacial score (nSPS) is 41.4. The topological polar surface area (TPSA) is 0 Å². The third-order valence-corrected chi connectivity index (χ3v) is 15.0. The lowest BCUT2D eigenvalue weighted by Crippen LogP contribution is -2.25. The number of hydrogen-bond acceptors (Lipinski definition) is 0. The molecule has 0 atom stereocenters. The summed E-state index contributed by atoms with van der Waals surface area (Å²) >= 11 is 0. The maximum atomic E-state index is 3.93. The van der Waals surface area contributed by atoms with Crippen molar-refractivity contribution in [2.75, 3.05) is 0 Å². The Morgan fingerprint density at radius 3 is 1.00 bits per heavy atom. The van der Waals surface area contributed by atoms with Gasteiger partial charge in [0, 0.05) is 0 Å². The molecule has 0 bridgehead atoms. The van der Waals surface area contributed by atoms with Crippen LogP contribution in [0.25, 0.3) is 0 Å². The fraction of sp³-hybridized carbons (Fsp3) is 0.872. The van der Waals surface area contributed by atoms with Crippen molar-refractivity contribution < 1.29 is 0 Å². The van der Waals surface area contributed by atoms with E-state index in [1.807, 2.05) is 0 Å². The summed E-state index contributed by atoms with van der Waals surface area (Å²) in [5, 5.41) is 0. The highest BCUT2D eigenvalue weighted by molar-refractivity contribution is 4.91. The molecule has 0 radical (unpaired) electrons. The Morgan fingerprint density at radius 1 is 0.404 bits per heavy atom. The summed E-state index contributed by atoms with van der Waals surface area (Å²) < 4.78 is 0. The van der Waals surface area contributed by atoms with Crippen LogP contribution in [0.5, 0.6) is 0 Å². The summed E-state index contributed by atoms with van der Waals surface area (Å²) in [6, 6.07) is 0. The molecule has 6 aliphatic rings. The third kappa shape index (κ3) is 13.5. The van der Waals surface area contributed by atoms with Crippen LogP contribution in [0.1, 0.15) is 188 Å². The zero-order valence-corrected chi connectivity index (χ0v) is 32.3. The molecule has 6 fully saturated rings. The summed E-state index contributed by atoms with van der Waals surface area (Å²) in [5.41, 5.74) is 0. The van der Waals surface area contributed by atoms with Gasteiger partial charge in [-0.2, -0.15) is 0 Å². The van der Waals surface area contributed by atoms with Gasteiger partial charge >= 0.3 is 0 Å². The minimum atomic E-state index is 0.837. The van der Waals surface area contributed by atoms with E-state index >= 15 is 0 Å². The monoisotopic (exact) mass is 647 g/mol. The molecule has 0 aromatic rings. The molecule has 0 amide bonds. The van der Waals surface area contributed by atoms with Crippen LogP contribution in [0.3, 0.4) is 0 Å². The minimum Gasteiger partial charge on any atom is -0.103 e. The van der Waals surface area contributed by atoms with Crippen molar-refractivity contribution in [3.63, 3.8) is 0 Å². The predicted octanol–water partition coefficient (Wildman–Crippen LogP) is 15.2. The highest BCUT2D eigenvalue weighted by atomic mass is 14.4. The maximum Gasteiger partial charge on any atom is -0.0233 e. The zero-order chi connectivity index (χ0) is 33.4. The molecule has 0 heteroatoms. The van der Waals surface area contributed by atoms with Crippen LogP contribution in [-0.2, 0) is 0 Å². The molecule has 47 heavy (non-hydrogen) atoms. The molecule has 0 aromatic carbocycles. The summed E-state index contributed by atoms with van der Waals surface area (Å²) in [5.74, 6) is 12.2. The zero-order valence-electron chi connectivity index (χ0n) is 32.3. The lowest BCUT2D eigenvalue weighted by Gasteiger charge is -2.37. The van der Waals surface area contributed by atoms with Crippen LogP contribution >= 0.6 is 0 Å². The van der Waals surface area contributed by atoms with Gasteiger partial charge in [-0.25, -0.2) is 0 Å². The van der Waals surface area contributed by atoms with Crippen LogP contribution in [0.2, 0.25) is 0 Å². The van der Waals surface area contributed by atoms with E-state index in [1.165, 1.54) is 161 Å². The van der Waals surface area contributed by atoms with Gasteiger partial charge in [0.25, 0.3) is 0 Å². The Hall–Kier alpha value is -0.780. The highest BCUT2D eigenvalue weighted by Crippen LogP contribution is 2.44. The Labute approximate surface area is 295 Å². The molecule has 6 saturated carbocycles. The van der Waals surface area contributed by atoms with Crippen molar-refractivity contribution in [2.24, 2.45) is 71.0 Å². The van der Waals surface area contributed by atoms with Crippen molar-refractivity contribution in [1.82, 2.24) is 0 Å². The highest BCUT2D eigenvalue weighted by Gasteiger charge is 2.31. The molecule has 0 aliphatic heterocycles. The first-order valence-electron chi connectivity index (χ1n) is 21.7. The van der Waals surface area contributed by atoms with E-state index in [2.05, 4.69) is 65.2 Å². The Kier molecular flexibility index (Phi) is 17.8. The summed E-state index contributed by atoms with van der Waals surface area (Å²) in [6.07, 6.45) is 46.1. The van der Waals surface area contributed by atoms with Gasteiger partial charge in [0.1, 0.15) is 0 Å². The van der Waals surface area contributed by atoms with Crippen molar-refractivity contribution >= 4 is 0 Å². The van der Waals surface area contributed by atoms with Crippen molar-refractivity contribution in [3.05, 3.63) is 37.5 Å². The van der Waals surface area contributed by atoms with Crippen LogP contribution in [0.4, 0.5) is 0 Å². The smallest absolute Gasteiger partial charge is 0.0233 e. The first-order valence-corrected chi connectivity index (χ1v) is 21.7. The SMILES string of the molecule is C=CC1CCC(C2CCC(C)CC2)CC1.C=CCC1CCC(C2CCC(C)CC2)CC1.CC=CC1CCC(C2CCC(C)CC2)CC1. The molecule has 0 unspecified atom stereocenters. The van der Waals surface area contributed by atoms with Crippen molar-refractivity contribution in [3.8, 4) is 0 Å². The van der Waals surface area contributed by atoms with Gasteiger partial charge in [-0.1, -0.05) is 83.6 Å². The molecular weight excluding hydrogens is 565 g/mol. The summed E-state index contributed by atoms with van der Waals surface area (Å²) in [6.45, 7) is 17.2. The molecule has 0 aromatic heterocycles. The second-order valence-electron chi connectivity index (χ2n) is 18.5. The molecule has 6 rings (SSSR count). The van der Waals surface area contributed by atoms with Gasteiger partial charge in [0.15, 0.2) is 0 Å². The van der Waals surface area contributed by atoms with Gasteiger partial charge in [-0.05, 0) is 200 Å². The molecule has 0 saturated heterocycles. The molecule has 0 heterocycles. The molecule has 0 nitrogen and oxygen atoms in total. The average molecular weight is 647 g/mol. The largest absolute Gasteiger partial charge is 0.103 e. The van der Waals surface area contributed by atoms with E-state index in [0.717, 1.165) is 71.0 Å². The number of hydrogen-bond donors (Lipinski definition) is 0. The van der Waals surface area contributed by atoms with E-state index in [4.69, 9.17) is 0 Å². The van der Waals surface area contributed by atoms with Crippen LogP contribution in [-0.4, -0.2) is 0 Å². The van der Waals surface area contributed by atoms with Gasteiger partial charge in [-0.15, -0.1) is 13.2 Å². The fourth-order valence-corrected chi connectivity index (χ4v) is 11.3. The van der Waals surface area contributed by atoms with Crippen LogP contribution in [0, 0.1) is 71.0 Å². The van der Waals surface area contributed by atoms with Crippen molar-refractivity contribution in [2.45, 2.75) is 188 Å². The quantitative estimate of drug-likeness (QED) is 0.241. The lowest BCUT2D eigenvalue weighted by molar-refractivity contribution is 0.151. The van der Waals surface area contributed by atoms with E-state index < -0.39 is 0 Å². The minimum absolute atomic E-state index is 0.837. The Morgan fingerprint density at radius 2 is 0.702 bits per heavy atom. The lowest BCUT2D eigenvalue weighted by atomic mass is 9.69. The third-order valence-electron chi connectivity index (χ3n) is 15.0. The van der Waals surface area contributed by atoms with Gasteiger partial charge < -0.3 is 0 Å². The first kappa shape index (κ1) is 39.0. The molecular formula is C47H82. The molecule has 6 aliphatic carbocycles. The number of allylic oxidation sites excluding steroid dienone is 4. The fourth-order valence-electron chi connectivity index (χ4n) is 11.3. The number of rotatable bonds is 7. The molecule has 0 spiro atoms. The van der Waals surface area contributed by atoms with Crippen LogP contribution < -0.4 is 0 Å². The summed E-state index contributed by atoms with van der Waals surface area (Å²) in [7, 11) is 0. The Balaban J connectivity index is 0.000000160. The van der Waals surface area contributed by atoms with Crippen molar-refractivity contribution in [1.29, 1.82) is 0 Å². The van der Waals surface area contributed by atoms with E-state index in [9.17, 15) is 0 Å². The van der Waals surface area contributed by atoms with Gasteiger partial charge in [0.2, 0.25) is 0 Å². The standard InChI is InChI=1S/2C16H28.C15H26/c2*1-3-4-14-7-11-16(12-8-14)15-9-5-13(2)6-10-15;1-3-13-6-10-15(11-7-13)14-8-4-12(2)5-9-14/h3-4,13-16H,5-12H2,1-2H3;3,13-16H,1,4-12H2,2H3;3,12-15H,1,4-11H2,2H3. The van der Waals surface area contributed by atoms with E-state index in [0.29, 0.717) is 0 Å². The van der Waals surface area contributed by atoms with Gasteiger partial charge in [0.05, 0.1) is 0 Å².